The number of nitrogens with zero attached hydrogens (tertiary/aromatic N) is 1. The molecular weight excluding hydrogens is 249 g/mol. The number of benzene rings is 1. The van der Waals surface area contributed by atoms with E-state index in [-0.39, 0.29) is 37.3 Å². The molecule has 0 fully saturated rings. The van der Waals surface area contributed by atoms with Crippen molar-refractivity contribution in [1.82, 2.24) is 5.32 Å². The van der Waals surface area contributed by atoms with E-state index in [9.17, 15) is 9.18 Å². The number of ether oxygens (including phenoxy) is 1. The second-order valence-corrected chi connectivity index (χ2v) is 4.02. The van der Waals surface area contributed by atoms with Crippen LogP contribution in [-0.2, 0) is 4.79 Å². The molecule has 3 N–H and O–H groups in total. The number of carbonyl (C=O) groups excluding carboxylic acids is 1. The fraction of sp³-hybridized carbons (Fsp3) is 0.385. The fourth-order valence-corrected chi connectivity index (χ4v) is 1.46. The van der Waals surface area contributed by atoms with Crippen LogP contribution >= 0.6 is 0 Å². The highest BCUT2D eigenvalue weighted by Crippen LogP contribution is 2.24. The van der Waals surface area contributed by atoms with Gasteiger partial charge in [-0.3, -0.25) is 4.79 Å². The third-order valence-corrected chi connectivity index (χ3v) is 2.38. The molecule has 0 aromatic heterocycles. The van der Waals surface area contributed by atoms with Crippen molar-refractivity contribution in [1.29, 1.82) is 5.26 Å². The first-order valence-electron chi connectivity index (χ1n) is 5.86. The Morgan fingerprint density at radius 1 is 1.63 bits per heavy atom. The first-order valence-corrected chi connectivity index (χ1v) is 5.86. The zero-order valence-electron chi connectivity index (χ0n) is 10.6. The van der Waals surface area contributed by atoms with Gasteiger partial charge in [0.2, 0.25) is 0 Å². The molecule has 0 saturated carbocycles. The molecule has 0 spiro atoms. The SMILES string of the molecule is C[C@H](N)c1ccc(F)cc1OCC(=O)NCCC#N. The Bertz CT molecular complexity index is 483. The lowest BCUT2D eigenvalue weighted by Crippen LogP contribution is -2.29. The Morgan fingerprint density at radius 3 is 3.00 bits per heavy atom. The molecular formula is C13H16FN3O2. The van der Waals surface area contributed by atoms with Crippen LogP contribution in [0.15, 0.2) is 18.2 Å². The minimum atomic E-state index is -0.454. The molecule has 0 aliphatic rings. The average molecular weight is 265 g/mol. The second kappa shape index (κ2) is 7.34. The molecule has 0 radical (unpaired) electrons. The maximum atomic E-state index is 13.1. The summed E-state index contributed by atoms with van der Waals surface area (Å²) in [6, 6.07) is 5.60. The fourth-order valence-electron chi connectivity index (χ4n) is 1.46. The summed E-state index contributed by atoms with van der Waals surface area (Å²) in [6.07, 6.45) is 0.233. The number of hydrogen-bond donors (Lipinski definition) is 2. The predicted molar refractivity (Wildman–Crippen MR) is 67.7 cm³/mol. The van der Waals surface area contributed by atoms with Crippen molar-refractivity contribution in [3.8, 4) is 11.8 Å². The number of hydrogen-bond acceptors (Lipinski definition) is 4. The zero-order valence-corrected chi connectivity index (χ0v) is 10.6. The van der Waals surface area contributed by atoms with Gasteiger partial charge in [-0.15, -0.1) is 0 Å². The molecule has 0 saturated heterocycles. The second-order valence-electron chi connectivity index (χ2n) is 4.02. The normalized spacial score (nSPS) is 11.5. The summed E-state index contributed by atoms with van der Waals surface area (Å²) in [5.41, 5.74) is 6.36. The lowest BCUT2D eigenvalue weighted by molar-refractivity contribution is -0.123. The van der Waals surface area contributed by atoms with Crippen LogP contribution in [0.2, 0.25) is 0 Å². The van der Waals surface area contributed by atoms with Gasteiger partial charge in [-0.1, -0.05) is 6.07 Å². The van der Waals surface area contributed by atoms with E-state index in [1.807, 2.05) is 6.07 Å². The third kappa shape index (κ3) is 4.94. The number of halogens is 1. The minimum absolute atomic E-state index is 0.233. The van der Waals surface area contributed by atoms with Crippen LogP contribution in [0.25, 0.3) is 0 Å². The van der Waals surface area contributed by atoms with Crippen molar-refractivity contribution in [2.75, 3.05) is 13.2 Å². The van der Waals surface area contributed by atoms with Crippen LogP contribution in [0.5, 0.6) is 5.75 Å². The Labute approximate surface area is 111 Å². The molecule has 1 atom stereocenters. The standard InChI is InChI=1S/C13H16FN3O2/c1-9(16)11-4-3-10(14)7-12(11)19-8-13(18)17-6-2-5-15/h3-4,7,9H,2,6,8,16H2,1H3,(H,17,18)/t9-/m0/s1. The Balaban J connectivity index is 2.59. The van der Waals surface area contributed by atoms with E-state index < -0.39 is 5.82 Å². The molecule has 1 aromatic carbocycles. The summed E-state index contributed by atoms with van der Waals surface area (Å²) in [5.74, 6) is -0.565. The van der Waals surface area contributed by atoms with Crippen LogP contribution < -0.4 is 15.8 Å². The quantitative estimate of drug-likeness (QED) is 0.758. The van der Waals surface area contributed by atoms with Gasteiger partial charge in [-0.05, 0) is 13.0 Å². The Kier molecular flexibility index (Phi) is 5.76. The molecule has 5 nitrogen and oxygen atoms in total. The van der Waals surface area contributed by atoms with E-state index in [1.54, 1.807) is 6.92 Å². The summed E-state index contributed by atoms with van der Waals surface area (Å²) >= 11 is 0. The van der Waals surface area contributed by atoms with Gasteiger partial charge in [0.1, 0.15) is 11.6 Å². The number of nitrogens with one attached hydrogen (secondary N) is 1. The van der Waals surface area contributed by atoms with Crippen LogP contribution in [-0.4, -0.2) is 19.1 Å². The highest BCUT2D eigenvalue weighted by molar-refractivity contribution is 5.77. The van der Waals surface area contributed by atoms with Crippen LogP contribution in [0.1, 0.15) is 24.9 Å². The van der Waals surface area contributed by atoms with Gasteiger partial charge in [0, 0.05) is 24.2 Å². The Hall–Kier alpha value is -2.13. The van der Waals surface area contributed by atoms with Gasteiger partial charge in [0.05, 0.1) is 12.5 Å². The van der Waals surface area contributed by atoms with Gasteiger partial charge in [0.25, 0.3) is 5.91 Å². The zero-order chi connectivity index (χ0) is 14.3. The lowest BCUT2D eigenvalue weighted by atomic mass is 10.1. The van der Waals surface area contributed by atoms with Crippen LogP contribution in [0, 0.1) is 17.1 Å². The van der Waals surface area contributed by atoms with Crippen molar-refractivity contribution in [2.24, 2.45) is 5.73 Å². The molecule has 1 amide bonds. The van der Waals surface area contributed by atoms with Crippen molar-refractivity contribution in [3.05, 3.63) is 29.6 Å². The highest BCUT2D eigenvalue weighted by Gasteiger charge is 2.11. The summed E-state index contributed by atoms with van der Waals surface area (Å²) < 4.78 is 18.4. The molecule has 0 unspecified atom stereocenters. The smallest absolute Gasteiger partial charge is 0.257 e. The van der Waals surface area contributed by atoms with E-state index in [0.717, 1.165) is 0 Å². The maximum Gasteiger partial charge on any atom is 0.257 e. The van der Waals surface area contributed by atoms with Crippen molar-refractivity contribution >= 4 is 5.91 Å². The predicted octanol–water partition coefficient (Wildman–Crippen LogP) is 1.25. The summed E-state index contributed by atoms with van der Waals surface area (Å²) in [7, 11) is 0. The number of amides is 1. The van der Waals surface area contributed by atoms with Crippen molar-refractivity contribution in [3.63, 3.8) is 0 Å². The number of nitrogens with two attached hydrogens (primary N) is 1. The summed E-state index contributed by atoms with van der Waals surface area (Å²) in [6.45, 7) is 1.77. The number of nitriles is 1. The molecule has 0 aliphatic carbocycles. The van der Waals surface area contributed by atoms with E-state index in [1.165, 1.54) is 18.2 Å². The minimum Gasteiger partial charge on any atom is -0.483 e. The largest absolute Gasteiger partial charge is 0.483 e. The first kappa shape index (κ1) is 14.9. The van der Waals surface area contributed by atoms with Gasteiger partial charge in [-0.2, -0.15) is 5.26 Å². The Morgan fingerprint density at radius 2 is 2.37 bits per heavy atom. The van der Waals surface area contributed by atoms with Crippen molar-refractivity contribution in [2.45, 2.75) is 19.4 Å². The third-order valence-electron chi connectivity index (χ3n) is 2.38. The number of rotatable bonds is 6. The van der Waals surface area contributed by atoms with Gasteiger partial charge in [0.15, 0.2) is 6.61 Å². The van der Waals surface area contributed by atoms with E-state index in [0.29, 0.717) is 5.56 Å². The maximum absolute atomic E-state index is 13.1. The topological polar surface area (TPSA) is 88.1 Å². The molecule has 0 aliphatic heterocycles. The molecule has 0 heterocycles. The van der Waals surface area contributed by atoms with Crippen LogP contribution in [0.4, 0.5) is 4.39 Å². The monoisotopic (exact) mass is 265 g/mol. The van der Waals surface area contributed by atoms with E-state index >= 15 is 0 Å². The number of carbonyl (C=O) groups is 1. The van der Waals surface area contributed by atoms with Gasteiger partial charge >= 0.3 is 0 Å². The average Bonchev–Trinajstić information content (AvgIpc) is 2.36. The highest BCUT2D eigenvalue weighted by atomic mass is 19.1. The molecule has 6 heteroatoms. The molecule has 1 aromatic rings. The van der Waals surface area contributed by atoms with Crippen LogP contribution in [0.3, 0.4) is 0 Å². The molecule has 102 valence electrons. The van der Waals surface area contributed by atoms with Gasteiger partial charge in [-0.25, -0.2) is 4.39 Å². The van der Waals surface area contributed by atoms with Crippen molar-refractivity contribution < 1.29 is 13.9 Å². The summed E-state index contributed by atoms with van der Waals surface area (Å²) in [4.78, 5) is 11.4. The van der Waals surface area contributed by atoms with E-state index in [4.69, 9.17) is 15.7 Å². The molecule has 0 bridgehead atoms. The molecule has 19 heavy (non-hydrogen) atoms. The van der Waals surface area contributed by atoms with E-state index in [2.05, 4.69) is 5.32 Å². The summed E-state index contributed by atoms with van der Waals surface area (Å²) in [5, 5.41) is 10.8. The molecule has 1 rings (SSSR count). The lowest BCUT2D eigenvalue weighted by Gasteiger charge is -2.13. The first-order chi connectivity index (χ1) is 9.04. The van der Waals surface area contributed by atoms with Gasteiger partial charge < -0.3 is 15.8 Å².